The van der Waals surface area contributed by atoms with Gasteiger partial charge in [-0.25, -0.2) is 0 Å². The van der Waals surface area contributed by atoms with Crippen LogP contribution in [0.1, 0.15) is 31.4 Å². The van der Waals surface area contributed by atoms with Gasteiger partial charge in [0.2, 0.25) is 0 Å². The Balaban J connectivity index is 1.93. The Kier molecular flexibility index (Phi) is 6.18. The van der Waals surface area contributed by atoms with Gasteiger partial charge in [0.1, 0.15) is 0 Å². The highest BCUT2D eigenvalue weighted by molar-refractivity contribution is 7.98. The summed E-state index contributed by atoms with van der Waals surface area (Å²) in [6, 6.07) is 6.14. The zero-order valence-electron chi connectivity index (χ0n) is 13.0. The van der Waals surface area contributed by atoms with E-state index in [1.165, 1.54) is 36.8 Å². The van der Waals surface area contributed by atoms with Gasteiger partial charge in [-0.3, -0.25) is 4.98 Å². The second kappa shape index (κ2) is 8.13. The summed E-state index contributed by atoms with van der Waals surface area (Å²) < 4.78 is 0. The second-order valence-electron chi connectivity index (χ2n) is 5.41. The summed E-state index contributed by atoms with van der Waals surface area (Å²) in [5.41, 5.74) is 9.00. The number of nitrogens with one attached hydrogen (secondary N) is 1. The molecular formula is C17H25N3S. The molecule has 0 aliphatic heterocycles. The van der Waals surface area contributed by atoms with E-state index in [9.17, 15) is 0 Å². The number of nitrogen functional groups attached to an aromatic ring is 1. The lowest BCUT2D eigenvalue weighted by Gasteiger charge is -2.11. The van der Waals surface area contributed by atoms with E-state index >= 15 is 0 Å². The number of aryl methyl sites for hydroxylation is 1. The molecule has 0 fully saturated rings. The number of rotatable bonds is 8. The average molecular weight is 303 g/mol. The van der Waals surface area contributed by atoms with Crippen molar-refractivity contribution in [1.29, 1.82) is 0 Å². The number of hydrogen-bond donors (Lipinski definition) is 2. The molecule has 0 radical (unpaired) electrons. The second-order valence-corrected chi connectivity index (χ2v) is 6.39. The summed E-state index contributed by atoms with van der Waals surface area (Å²) in [5.74, 6) is 1.28. The lowest BCUT2D eigenvalue weighted by atomic mass is 10.1. The van der Waals surface area contributed by atoms with Crippen molar-refractivity contribution >= 4 is 33.9 Å². The van der Waals surface area contributed by atoms with Crippen LogP contribution in [0.4, 0.5) is 11.4 Å². The highest BCUT2D eigenvalue weighted by atomic mass is 32.2. The average Bonchev–Trinajstić information content (AvgIpc) is 2.48. The van der Waals surface area contributed by atoms with Gasteiger partial charge in [-0.05, 0) is 50.0 Å². The Hall–Kier alpha value is -1.42. The molecular weight excluding hydrogens is 278 g/mol. The van der Waals surface area contributed by atoms with Gasteiger partial charge in [0.05, 0.1) is 0 Å². The highest BCUT2D eigenvalue weighted by Gasteiger charge is 2.04. The molecule has 0 saturated carbocycles. The van der Waals surface area contributed by atoms with Crippen molar-refractivity contribution in [3.63, 3.8) is 0 Å². The topological polar surface area (TPSA) is 50.9 Å². The molecule has 3 N–H and O–H groups in total. The van der Waals surface area contributed by atoms with Crippen LogP contribution in [0.5, 0.6) is 0 Å². The third kappa shape index (κ3) is 4.53. The largest absolute Gasteiger partial charge is 0.398 e. The Morgan fingerprint density at radius 1 is 1.14 bits per heavy atom. The SMILES string of the molecule is CSCCCCCCNc1ccc(N)c2cnc(C)cc12. The van der Waals surface area contributed by atoms with E-state index in [0.717, 1.165) is 29.0 Å². The maximum absolute atomic E-state index is 6.03. The fraction of sp³-hybridized carbons (Fsp3) is 0.471. The standard InChI is InChI=1S/C17H25N3S/c1-13-11-14-15(12-20-13)16(18)7-8-17(14)19-9-5-3-4-6-10-21-2/h7-8,11-12,19H,3-6,9-10,18H2,1-2H3. The predicted molar refractivity (Wildman–Crippen MR) is 96.2 cm³/mol. The molecule has 0 amide bonds. The third-order valence-corrected chi connectivity index (χ3v) is 4.36. The van der Waals surface area contributed by atoms with Gasteiger partial charge in [0, 0.05) is 40.6 Å². The van der Waals surface area contributed by atoms with Crippen LogP contribution in [0.3, 0.4) is 0 Å². The van der Waals surface area contributed by atoms with Gasteiger partial charge < -0.3 is 11.1 Å². The number of fused-ring (bicyclic) bond motifs is 1. The van der Waals surface area contributed by atoms with Crippen LogP contribution in [0.25, 0.3) is 10.8 Å². The minimum atomic E-state index is 0.792. The number of nitrogens with zero attached hydrogens (tertiary/aromatic N) is 1. The van der Waals surface area contributed by atoms with E-state index < -0.39 is 0 Å². The van der Waals surface area contributed by atoms with Gasteiger partial charge in [0.25, 0.3) is 0 Å². The van der Waals surface area contributed by atoms with Gasteiger partial charge >= 0.3 is 0 Å². The van der Waals surface area contributed by atoms with Crippen molar-refractivity contribution in [3.05, 3.63) is 30.1 Å². The van der Waals surface area contributed by atoms with E-state index in [-0.39, 0.29) is 0 Å². The van der Waals surface area contributed by atoms with Crippen molar-refractivity contribution in [2.75, 3.05) is 29.6 Å². The van der Waals surface area contributed by atoms with Crippen LogP contribution in [-0.4, -0.2) is 23.5 Å². The summed E-state index contributed by atoms with van der Waals surface area (Å²) in [4.78, 5) is 4.34. The normalized spacial score (nSPS) is 11.0. The molecule has 1 aromatic carbocycles. The number of aromatic nitrogens is 1. The van der Waals surface area contributed by atoms with Crippen LogP contribution in [-0.2, 0) is 0 Å². The first-order chi connectivity index (χ1) is 10.2. The molecule has 114 valence electrons. The number of thioether (sulfide) groups is 1. The Bertz CT molecular complexity index is 584. The van der Waals surface area contributed by atoms with Crippen molar-refractivity contribution < 1.29 is 0 Å². The first-order valence-corrected chi connectivity index (χ1v) is 8.99. The summed E-state index contributed by atoms with van der Waals surface area (Å²) in [6.07, 6.45) is 9.20. The van der Waals surface area contributed by atoms with Crippen LogP contribution in [0, 0.1) is 6.92 Å². The molecule has 0 spiro atoms. The maximum Gasteiger partial charge on any atom is 0.0422 e. The van der Waals surface area contributed by atoms with Crippen LogP contribution >= 0.6 is 11.8 Å². The molecule has 1 aromatic heterocycles. The monoisotopic (exact) mass is 303 g/mol. The lowest BCUT2D eigenvalue weighted by Crippen LogP contribution is -2.03. The number of hydrogen-bond acceptors (Lipinski definition) is 4. The Morgan fingerprint density at radius 3 is 2.76 bits per heavy atom. The molecule has 0 aliphatic carbocycles. The van der Waals surface area contributed by atoms with Gasteiger partial charge in [-0.15, -0.1) is 0 Å². The van der Waals surface area contributed by atoms with Crippen molar-refractivity contribution in [1.82, 2.24) is 4.98 Å². The van der Waals surface area contributed by atoms with E-state index in [1.54, 1.807) is 0 Å². The number of nitrogens with two attached hydrogens (primary N) is 1. The molecule has 4 heteroatoms. The fourth-order valence-corrected chi connectivity index (χ4v) is 2.96. The first kappa shape index (κ1) is 16.0. The number of benzene rings is 1. The number of anilines is 2. The van der Waals surface area contributed by atoms with Crippen LogP contribution in [0.15, 0.2) is 24.4 Å². The molecule has 2 rings (SSSR count). The van der Waals surface area contributed by atoms with Gasteiger partial charge in [0.15, 0.2) is 0 Å². The molecule has 0 bridgehead atoms. The zero-order chi connectivity index (χ0) is 15.1. The van der Waals surface area contributed by atoms with E-state index in [0.29, 0.717) is 0 Å². The number of pyridine rings is 1. The minimum Gasteiger partial charge on any atom is -0.398 e. The minimum absolute atomic E-state index is 0.792. The number of unbranched alkanes of at least 4 members (excludes halogenated alkanes) is 3. The quantitative estimate of drug-likeness (QED) is 0.558. The maximum atomic E-state index is 6.03. The predicted octanol–water partition coefficient (Wildman–Crippen LogP) is 4.46. The van der Waals surface area contributed by atoms with Gasteiger partial charge in [-0.1, -0.05) is 12.8 Å². The molecule has 0 atom stereocenters. The Morgan fingerprint density at radius 2 is 1.95 bits per heavy atom. The lowest BCUT2D eigenvalue weighted by molar-refractivity contribution is 0.689. The smallest absolute Gasteiger partial charge is 0.0422 e. The third-order valence-electron chi connectivity index (χ3n) is 3.66. The summed E-state index contributed by atoms with van der Waals surface area (Å²) in [7, 11) is 0. The Labute approximate surface area is 131 Å². The van der Waals surface area contributed by atoms with Crippen molar-refractivity contribution in [2.24, 2.45) is 0 Å². The molecule has 2 aromatic rings. The van der Waals surface area contributed by atoms with Crippen LogP contribution in [0.2, 0.25) is 0 Å². The molecule has 1 heterocycles. The van der Waals surface area contributed by atoms with Crippen molar-refractivity contribution in [2.45, 2.75) is 32.6 Å². The molecule has 0 unspecified atom stereocenters. The molecule has 21 heavy (non-hydrogen) atoms. The summed E-state index contributed by atoms with van der Waals surface area (Å²) in [6.45, 7) is 3.03. The molecule has 3 nitrogen and oxygen atoms in total. The molecule has 0 saturated heterocycles. The van der Waals surface area contributed by atoms with E-state index in [2.05, 4.69) is 28.7 Å². The zero-order valence-corrected chi connectivity index (χ0v) is 13.8. The molecule has 0 aliphatic rings. The summed E-state index contributed by atoms with van der Waals surface area (Å²) in [5, 5.41) is 5.75. The first-order valence-electron chi connectivity index (χ1n) is 7.60. The van der Waals surface area contributed by atoms with Crippen molar-refractivity contribution in [3.8, 4) is 0 Å². The summed E-state index contributed by atoms with van der Waals surface area (Å²) >= 11 is 1.93. The fourth-order valence-electron chi connectivity index (χ4n) is 2.47. The highest BCUT2D eigenvalue weighted by Crippen LogP contribution is 2.28. The van der Waals surface area contributed by atoms with Gasteiger partial charge in [-0.2, -0.15) is 11.8 Å². The van der Waals surface area contributed by atoms with E-state index in [1.807, 2.05) is 30.9 Å². The van der Waals surface area contributed by atoms with Crippen LogP contribution < -0.4 is 11.1 Å². The van der Waals surface area contributed by atoms with E-state index in [4.69, 9.17) is 5.73 Å².